The lowest BCUT2D eigenvalue weighted by Crippen LogP contribution is -2.28. The average molecular weight is 203 g/mol. The quantitative estimate of drug-likeness (QED) is 0.572. The Morgan fingerprint density at radius 1 is 1.36 bits per heavy atom. The van der Waals surface area contributed by atoms with Crippen LogP contribution >= 0.6 is 0 Å². The number of carboxylic acids is 1. The van der Waals surface area contributed by atoms with Gasteiger partial charge in [-0.15, -0.1) is 0 Å². The Hall–Kier alpha value is -0.610. The van der Waals surface area contributed by atoms with Crippen LogP contribution in [0.5, 0.6) is 0 Å². The highest BCUT2D eigenvalue weighted by molar-refractivity contribution is 5.66. The van der Waals surface area contributed by atoms with E-state index in [0.717, 1.165) is 32.7 Å². The van der Waals surface area contributed by atoms with Crippen LogP contribution in [0.2, 0.25) is 0 Å². The first-order valence-electron chi connectivity index (χ1n) is 5.22. The fourth-order valence-corrected chi connectivity index (χ4v) is 1.22. The molecule has 0 saturated heterocycles. The van der Waals surface area contributed by atoms with E-state index in [1.165, 1.54) is 0 Å². The Kier molecular flexibility index (Phi) is 8.57. The Bertz CT molecular complexity index is 150. The highest BCUT2D eigenvalue weighted by atomic mass is 16.5. The van der Waals surface area contributed by atoms with Crippen molar-refractivity contribution >= 4 is 5.97 Å². The lowest BCUT2D eigenvalue weighted by Gasteiger charge is -2.18. The van der Waals surface area contributed by atoms with Crippen molar-refractivity contribution in [1.29, 1.82) is 0 Å². The second-order valence-corrected chi connectivity index (χ2v) is 3.13. The van der Waals surface area contributed by atoms with Gasteiger partial charge in [-0.2, -0.15) is 0 Å². The summed E-state index contributed by atoms with van der Waals surface area (Å²) in [4.78, 5) is 12.5. The highest BCUT2D eigenvalue weighted by Gasteiger charge is 2.04. The van der Waals surface area contributed by atoms with Crippen molar-refractivity contribution in [1.82, 2.24) is 4.90 Å². The monoisotopic (exact) mass is 203 g/mol. The van der Waals surface area contributed by atoms with E-state index >= 15 is 0 Å². The molecule has 0 radical (unpaired) electrons. The summed E-state index contributed by atoms with van der Waals surface area (Å²) in [6.45, 7) is 7.99. The van der Waals surface area contributed by atoms with Gasteiger partial charge in [-0.1, -0.05) is 6.92 Å². The lowest BCUT2D eigenvalue weighted by atomic mass is 10.3. The van der Waals surface area contributed by atoms with E-state index in [2.05, 4.69) is 4.90 Å². The minimum absolute atomic E-state index is 0.225. The third-order valence-corrected chi connectivity index (χ3v) is 2.06. The van der Waals surface area contributed by atoms with Crippen LogP contribution in [0.3, 0.4) is 0 Å². The highest BCUT2D eigenvalue weighted by Crippen LogP contribution is 1.94. The van der Waals surface area contributed by atoms with Crippen LogP contribution in [0, 0.1) is 0 Å². The molecular formula is C10H21NO3. The molecule has 0 aliphatic heterocycles. The molecule has 0 spiro atoms. The third-order valence-electron chi connectivity index (χ3n) is 2.06. The van der Waals surface area contributed by atoms with Crippen LogP contribution in [-0.4, -0.2) is 48.8 Å². The van der Waals surface area contributed by atoms with E-state index in [4.69, 9.17) is 9.84 Å². The molecule has 0 aliphatic rings. The number of hydrogen-bond donors (Lipinski definition) is 1. The van der Waals surface area contributed by atoms with E-state index in [1.807, 2.05) is 13.8 Å². The summed E-state index contributed by atoms with van der Waals surface area (Å²) in [7, 11) is 0. The van der Waals surface area contributed by atoms with Gasteiger partial charge < -0.3 is 14.7 Å². The molecule has 0 aromatic rings. The molecule has 0 fully saturated rings. The normalized spacial score (nSPS) is 10.8. The predicted molar refractivity (Wildman–Crippen MR) is 55.5 cm³/mol. The largest absolute Gasteiger partial charge is 0.481 e. The predicted octanol–water partition coefficient (Wildman–Crippen LogP) is 1.21. The molecule has 0 rings (SSSR count). The zero-order valence-electron chi connectivity index (χ0n) is 9.16. The van der Waals surface area contributed by atoms with Crippen molar-refractivity contribution in [3.05, 3.63) is 0 Å². The number of ether oxygens (including phenoxy) is 1. The first kappa shape index (κ1) is 13.4. The molecule has 4 heteroatoms. The van der Waals surface area contributed by atoms with E-state index in [0.29, 0.717) is 6.54 Å². The van der Waals surface area contributed by atoms with Crippen molar-refractivity contribution < 1.29 is 14.6 Å². The molecular weight excluding hydrogens is 182 g/mol. The van der Waals surface area contributed by atoms with Crippen LogP contribution in [0.4, 0.5) is 0 Å². The molecule has 0 unspecified atom stereocenters. The molecule has 84 valence electrons. The summed E-state index contributed by atoms with van der Waals surface area (Å²) in [5, 5.41) is 8.52. The third kappa shape index (κ3) is 8.01. The van der Waals surface area contributed by atoms with Gasteiger partial charge in [-0.3, -0.25) is 4.79 Å². The maximum atomic E-state index is 10.3. The van der Waals surface area contributed by atoms with Crippen LogP contribution in [0.1, 0.15) is 26.7 Å². The van der Waals surface area contributed by atoms with Crippen LogP contribution < -0.4 is 0 Å². The number of aliphatic carboxylic acids is 1. The zero-order valence-corrected chi connectivity index (χ0v) is 9.16. The van der Waals surface area contributed by atoms with Gasteiger partial charge in [-0.05, 0) is 19.9 Å². The van der Waals surface area contributed by atoms with Gasteiger partial charge in [0, 0.05) is 26.3 Å². The first-order chi connectivity index (χ1) is 6.70. The molecule has 0 atom stereocenters. The summed E-state index contributed by atoms with van der Waals surface area (Å²) in [6, 6.07) is 0. The Labute approximate surface area is 85.9 Å². The number of hydrogen-bond acceptors (Lipinski definition) is 3. The number of carbonyl (C=O) groups is 1. The molecule has 0 heterocycles. The fraction of sp³-hybridized carbons (Fsp3) is 0.900. The Morgan fingerprint density at radius 2 is 2.07 bits per heavy atom. The molecule has 0 aromatic heterocycles. The standard InChI is InChI=1S/C10H21NO3/c1-3-11(8-6-10(12)13)7-5-9-14-4-2/h3-9H2,1-2H3,(H,12,13). The Balaban J connectivity index is 3.42. The van der Waals surface area contributed by atoms with E-state index in [-0.39, 0.29) is 6.42 Å². The van der Waals surface area contributed by atoms with Crippen LogP contribution in [0.25, 0.3) is 0 Å². The minimum atomic E-state index is -0.728. The summed E-state index contributed by atoms with van der Waals surface area (Å²) >= 11 is 0. The van der Waals surface area contributed by atoms with Crippen LogP contribution in [0.15, 0.2) is 0 Å². The van der Waals surface area contributed by atoms with Crippen molar-refractivity contribution in [3.63, 3.8) is 0 Å². The van der Waals surface area contributed by atoms with E-state index in [1.54, 1.807) is 0 Å². The van der Waals surface area contributed by atoms with Gasteiger partial charge in [0.25, 0.3) is 0 Å². The van der Waals surface area contributed by atoms with Gasteiger partial charge in [0.2, 0.25) is 0 Å². The molecule has 0 bridgehead atoms. The Morgan fingerprint density at radius 3 is 2.57 bits per heavy atom. The molecule has 1 N–H and O–H groups in total. The summed E-state index contributed by atoms with van der Waals surface area (Å²) < 4.78 is 5.21. The topological polar surface area (TPSA) is 49.8 Å². The first-order valence-corrected chi connectivity index (χ1v) is 5.22. The average Bonchev–Trinajstić information content (AvgIpc) is 2.16. The van der Waals surface area contributed by atoms with Crippen molar-refractivity contribution in [2.45, 2.75) is 26.7 Å². The number of carboxylic acid groups (broad SMARTS) is 1. The summed E-state index contributed by atoms with van der Waals surface area (Å²) in [5.74, 6) is -0.728. The van der Waals surface area contributed by atoms with Gasteiger partial charge in [0.1, 0.15) is 0 Å². The maximum Gasteiger partial charge on any atom is 0.304 e. The second-order valence-electron chi connectivity index (χ2n) is 3.13. The van der Waals surface area contributed by atoms with Crippen molar-refractivity contribution in [2.24, 2.45) is 0 Å². The lowest BCUT2D eigenvalue weighted by molar-refractivity contribution is -0.137. The van der Waals surface area contributed by atoms with Crippen molar-refractivity contribution in [2.75, 3.05) is 32.8 Å². The van der Waals surface area contributed by atoms with Gasteiger partial charge in [0.15, 0.2) is 0 Å². The molecule has 0 aromatic carbocycles. The molecule has 14 heavy (non-hydrogen) atoms. The maximum absolute atomic E-state index is 10.3. The van der Waals surface area contributed by atoms with Crippen LogP contribution in [-0.2, 0) is 9.53 Å². The second kappa shape index (κ2) is 8.97. The minimum Gasteiger partial charge on any atom is -0.481 e. The number of rotatable bonds is 9. The SMILES string of the molecule is CCOCCCN(CC)CCC(=O)O. The van der Waals surface area contributed by atoms with Gasteiger partial charge >= 0.3 is 5.97 Å². The summed E-state index contributed by atoms with van der Waals surface area (Å²) in [6.07, 6.45) is 1.20. The fourth-order valence-electron chi connectivity index (χ4n) is 1.22. The molecule has 0 saturated carbocycles. The number of nitrogens with zero attached hydrogens (tertiary/aromatic N) is 1. The van der Waals surface area contributed by atoms with Gasteiger partial charge in [0.05, 0.1) is 6.42 Å². The van der Waals surface area contributed by atoms with E-state index in [9.17, 15) is 4.79 Å². The summed E-state index contributed by atoms with van der Waals surface area (Å²) in [5.41, 5.74) is 0. The molecule has 0 aliphatic carbocycles. The van der Waals surface area contributed by atoms with Gasteiger partial charge in [-0.25, -0.2) is 0 Å². The van der Waals surface area contributed by atoms with Crippen molar-refractivity contribution in [3.8, 4) is 0 Å². The smallest absolute Gasteiger partial charge is 0.304 e. The van der Waals surface area contributed by atoms with E-state index < -0.39 is 5.97 Å². The molecule has 0 amide bonds. The molecule has 4 nitrogen and oxygen atoms in total. The zero-order chi connectivity index (χ0) is 10.8.